The molecule has 7 nitrogen and oxygen atoms in total. The maximum Gasteiger partial charge on any atom is 0.242 e. The van der Waals surface area contributed by atoms with Gasteiger partial charge in [-0.3, -0.25) is 14.4 Å². The van der Waals surface area contributed by atoms with E-state index in [0.29, 0.717) is 25.9 Å². The average Bonchev–Trinajstić information content (AvgIpc) is 2.64. The van der Waals surface area contributed by atoms with Gasteiger partial charge in [0.25, 0.3) is 0 Å². The van der Waals surface area contributed by atoms with Crippen LogP contribution in [-0.2, 0) is 14.4 Å². The summed E-state index contributed by atoms with van der Waals surface area (Å²) in [7, 11) is 0. The van der Waals surface area contributed by atoms with Gasteiger partial charge in [0.05, 0.1) is 12.6 Å². The first-order chi connectivity index (χ1) is 12.4. The maximum atomic E-state index is 12.5. The smallest absolute Gasteiger partial charge is 0.242 e. The van der Waals surface area contributed by atoms with Gasteiger partial charge in [0.2, 0.25) is 11.8 Å². The molecule has 0 aromatic carbocycles. The zero-order chi connectivity index (χ0) is 20.5. The van der Waals surface area contributed by atoms with Crippen LogP contribution in [0.15, 0.2) is 0 Å². The van der Waals surface area contributed by atoms with Crippen molar-refractivity contribution in [2.45, 2.75) is 79.3 Å². The van der Waals surface area contributed by atoms with Crippen molar-refractivity contribution in [3.05, 3.63) is 0 Å². The van der Waals surface area contributed by atoms with E-state index in [2.05, 4.69) is 16.0 Å². The number of Topliss-reactive ketones (excluding diaryl/α,β-unsaturated/α-hetero) is 1. The third kappa shape index (κ3) is 12.0. The minimum Gasteiger partial charge on any atom is -0.347 e. The van der Waals surface area contributed by atoms with E-state index in [-0.39, 0.29) is 36.1 Å². The van der Waals surface area contributed by atoms with Crippen molar-refractivity contribution in [1.82, 2.24) is 16.0 Å². The molecule has 0 saturated heterocycles. The van der Waals surface area contributed by atoms with Crippen LogP contribution in [0.2, 0.25) is 0 Å². The van der Waals surface area contributed by atoms with Gasteiger partial charge in [-0.15, -0.1) is 0 Å². The number of hydrogen-bond acceptors (Lipinski definition) is 5. The molecule has 5 N–H and O–H groups in total. The van der Waals surface area contributed by atoms with Gasteiger partial charge in [-0.2, -0.15) is 0 Å². The molecule has 2 unspecified atom stereocenters. The number of nitrogens with one attached hydrogen (secondary N) is 3. The Morgan fingerprint density at radius 2 is 1.62 bits per heavy atom. The molecule has 2 amide bonds. The van der Waals surface area contributed by atoms with Crippen molar-refractivity contribution in [3.8, 4) is 0 Å². The number of ketones is 1. The fourth-order valence-corrected chi connectivity index (χ4v) is 2.31. The van der Waals surface area contributed by atoms with Gasteiger partial charge in [-0.25, -0.2) is 0 Å². The molecule has 0 aliphatic carbocycles. The van der Waals surface area contributed by atoms with E-state index >= 15 is 0 Å². The predicted molar refractivity (Wildman–Crippen MR) is 107 cm³/mol. The number of amides is 2. The Morgan fingerprint density at radius 3 is 2.08 bits per heavy atom. The summed E-state index contributed by atoms with van der Waals surface area (Å²) in [6.07, 6.45) is 2.41. The standard InChI is InChI=1S/C17H34N4O3.C2H6/c1-5-13(22)11-20-16(23)14(9-7-8-10-18)21-17(24)15(12(3)4)19-6-2;1-2/h12,14-15,19H,5-11,18H2,1-4H3,(H,20,23)(H,21,24);1-2H3. The molecule has 0 heterocycles. The van der Waals surface area contributed by atoms with Crippen LogP contribution < -0.4 is 21.7 Å². The Balaban J connectivity index is 0. The van der Waals surface area contributed by atoms with E-state index in [1.807, 2.05) is 34.6 Å². The molecule has 0 fully saturated rings. The molecule has 7 heteroatoms. The third-order valence-corrected chi connectivity index (χ3v) is 3.81. The Kier molecular flexibility index (Phi) is 17.5. The van der Waals surface area contributed by atoms with Crippen LogP contribution in [0.3, 0.4) is 0 Å². The number of carbonyl (C=O) groups excluding carboxylic acids is 3. The van der Waals surface area contributed by atoms with E-state index in [9.17, 15) is 14.4 Å². The van der Waals surface area contributed by atoms with Gasteiger partial charge >= 0.3 is 0 Å². The predicted octanol–water partition coefficient (Wildman–Crippen LogP) is 1.36. The Bertz CT molecular complexity index is 400. The summed E-state index contributed by atoms with van der Waals surface area (Å²) >= 11 is 0. The molecule has 0 aromatic heterocycles. The molecule has 0 rings (SSSR count). The monoisotopic (exact) mass is 372 g/mol. The van der Waals surface area contributed by atoms with Crippen molar-refractivity contribution in [2.75, 3.05) is 19.6 Å². The topological polar surface area (TPSA) is 113 Å². The van der Waals surface area contributed by atoms with Crippen LogP contribution in [0.4, 0.5) is 0 Å². The molecule has 0 aliphatic rings. The number of rotatable bonds is 13. The van der Waals surface area contributed by atoms with E-state index in [1.54, 1.807) is 6.92 Å². The Labute approximate surface area is 159 Å². The van der Waals surface area contributed by atoms with E-state index in [4.69, 9.17) is 5.73 Å². The van der Waals surface area contributed by atoms with Gasteiger partial charge in [0.15, 0.2) is 5.78 Å². The second-order valence-electron chi connectivity index (χ2n) is 6.24. The summed E-state index contributed by atoms with van der Waals surface area (Å²) in [5.74, 6) is -0.440. The quantitative estimate of drug-likeness (QED) is 0.365. The molecule has 0 aromatic rings. The zero-order valence-electron chi connectivity index (χ0n) is 17.5. The summed E-state index contributed by atoms with van der Waals surface area (Å²) in [6, 6.07) is -0.995. The second kappa shape index (κ2) is 17.0. The van der Waals surface area contributed by atoms with Crippen LogP contribution in [-0.4, -0.2) is 49.3 Å². The molecule has 0 saturated carbocycles. The van der Waals surface area contributed by atoms with Crippen LogP contribution in [0, 0.1) is 5.92 Å². The highest BCUT2D eigenvalue weighted by molar-refractivity contribution is 5.92. The first-order valence-corrected chi connectivity index (χ1v) is 9.90. The van der Waals surface area contributed by atoms with Crippen LogP contribution >= 0.6 is 0 Å². The maximum absolute atomic E-state index is 12.5. The summed E-state index contributed by atoms with van der Waals surface area (Å²) in [6.45, 7) is 12.8. The van der Waals surface area contributed by atoms with Gasteiger partial charge in [0.1, 0.15) is 6.04 Å². The lowest BCUT2D eigenvalue weighted by Crippen LogP contribution is -2.54. The van der Waals surface area contributed by atoms with Gasteiger partial charge < -0.3 is 21.7 Å². The molecule has 0 aliphatic heterocycles. The minimum absolute atomic E-state index is 0.000584. The molecule has 0 bridgehead atoms. The van der Waals surface area contributed by atoms with Crippen LogP contribution in [0.5, 0.6) is 0 Å². The van der Waals surface area contributed by atoms with Crippen molar-refractivity contribution in [1.29, 1.82) is 0 Å². The van der Waals surface area contributed by atoms with Gasteiger partial charge in [-0.05, 0) is 38.3 Å². The van der Waals surface area contributed by atoms with Crippen molar-refractivity contribution in [3.63, 3.8) is 0 Å². The summed E-state index contributed by atoms with van der Waals surface area (Å²) < 4.78 is 0. The highest BCUT2D eigenvalue weighted by Crippen LogP contribution is 2.05. The molecular weight excluding hydrogens is 332 g/mol. The lowest BCUT2D eigenvalue weighted by molar-refractivity contribution is -0.131. The van der Waals surface area contributed by atoms with E-state index in [1.165, 1.54) is 0 Å². The number of carbonyl (C=O) groups is 3. The van der Waals surface area contributed by atoms with Crippen molar-refractivity contribution in [2.24, 2.45) is 11.7 Å². The highest BCUT2D eigenvalue weighted by Gasteiger charge is 2.26. The Morgan fingerprint density at radius 1 is 1.00 bits per heavy atom. The number of unbranched alkanes of at least 4 members (excludes halogenated alkanes) is 1. The summed E-state index contributed by atoms with van der Waals surface area (Å²) in [5, 5.41) is 8.56. The lowest BCUT2D eigenvalue weighted by Gasteiger charge is -2.25. The number of hydrogen-bond donors (Lipinski definition) is 4. The minimum atomic E-state index is -0.645. The van der Waals surface area contributed by atoms with E-state index < -0.39 is 6.04 Å². The molecular formula is C19H40N4O3. The largest absolute Gasteiger partial charge is 0.347 e. The SMILES string of the molecule is CC.CCNC(C(=O)NC(CCCCN)C(=O)NCC(=O)CC)C(C)C. The second-order valence-corrected chi connectivity index (χ2v) is 6.24. The lowest BCUT2D eigenvalue weighted by atomic mass is 10.0. The van der Waals surface area contributed by atoms with Crippen molar-refractivity contribution >= 4 is 17.6 Å². The number of likely N-dealkylation sites (N-methyl/N-ethyl adjacent to an activating group) is 1. The number of nitrogens with two attached hydrogens (primary N) is 1. The Hall–Kier alpha value is -1.47. The first-order valence-electron chi connectivity index (χ1n) is 9.90. The molecule has 0 radical (unpaired) electrons. The summed E-state index contributed by atoms with van der Waals surface area (Å²) in [4.78, 5) is 36.2. The summed E-state index contributed by atoms with van der Waals surface area (Å²) in [5.41, 5.74) is 5.49. The normalized spacial score (nSPS) is 12.6. The van der Waals surface area contributed by atoms with Crippen LogP contribution in [0.25, 0.3) is 0 Å². The van der Waals surface area contributed by atoms with Crippen molar-refractivity contribution < 1.29 is 14.4 Å². The third-order valence-electron chi connectivity index (χ3n) is 3.81. The molecule has 0 spiro atoms. The van der Waals surface area contributed by atoms with Crippen LogP contribution in [0.1, 0.15) is 67.2 Å². The molecule has 26 heavy (non-hydrogen) atoms. The molecule has 154 valence electrons. The fraction of sp³-hybridized carbons (Fsp3) is 0.842. The average molecular weight is 373 g/mol. The van der Waals surface area contributed by atoms with E-state index in [0.717, 1.165) is 12.8 Å². The first kappa shape index (κ1) is 26.8. The fourth-order valence-electron chi connectivity index (χ4n) is 2.31. The van der Waals surface area contributed by atoms with Gasteiger partial charge in [0, 0.05) is 6.42 Å². The highest BCUT2D eigenvalue weighted by atomic mass is 16.2. The molecule has 2 atom stereocenters. The zero-order valence-corrected chi connectivity index (χ0v) is 17.5. The van der Waals surface area contributed by atoms with Gasteiger partial charge in [-0.1, -0.05) is 41.5 Å².